The summed E-state index contributed by atoms with van der Waals surface area (Å²) in [6, 6.07) is 6.78. The van der Waals surface area contributed by atoms with Gasteiger partial charge in [-0.1, -0.05) is 26.0 Å². The van der Waals surface area contributed by atoms with Gasteiger partial charge in [-0.15, -0.1) is 0 Å². The highest BCUT2D eigenvalue weighted by molar-refractivity contribution is 5.62. The Morgan fingerprint density at radius 1 is 1.29 bits per heavy atom. The second-order valence-corrected chi connectivity index (χ2v) is 4.33. The molecule has 90 valence electrons. The maximum absolute atomic E-state index is 9.70. The molecule has 1 heterocycles. The zero-order chi connectivity index (χ0) is 12.4. The standard InChI is InChI=1S/C12H16N4O/c1-7(2)10(13)12-14-11(15-16-12)8-5-3-4-6-9(8)17/h3-7,10,17H,13H2,1-2H3,(H,14,15,16)/t10-/m0/s1. The lowest BCUT2D eigenvalue weighted by Gasteiger charge is -2.11. The number of nitrogens with two attached hydrogens (primary N) is 1. The molecule has 0 aliphatic rings. The predicted octanol–water partition coefficient (Wildman–Crippen LogP) is 1.83. The molecule has 1 aromatic heterocycles. The summed E-state index contributed by atoms with van der Waals surface area (Å²) < 4.78 is 0. The van der Waals surface area contributed by atoms with Crippen LogP contribution in [-0.4, -0.2) is 20.3 Å². The second kappa shape index (κ2) is 4.55. The van der Waals surface area contributed by atoms with E-state index in [9.17, 15) is 5.11 Å². The van der Waals surface area contributed by atoms with Gasteiger partial charge in [-0.05, 0) is 18.1 Å². The van der Waals surface area contributed by atoms with Crippen molar-refractivity contribution in [2.75, 3.05) is 0 Å². The molecule has 1 atom stereocenters. The monoisotopic (exact) mass is 232 g/mol. The van der Waals surface area contributed by atoms with E-state index in [0.717, 1.165) is 0 Å². The molecule has 0 spiro atoms. The van der Waals surface area contributed by atoms with Crippen LogP contribution in [0, 0.1) is 5.92 Å². The molecule has 5 heteroatoms. The van der Waals surface area contributed by atoms with E-state index in [1.807, 2.05) is 19.9 Å². The van der Waals surface area contributed by atoms with Gasteiger partial charge < -0.3 is 10.8 Å². The van der Waals surface area contributed by atoms with Crippen LogP contribution in [0.5, 0.6) is 5.75 Å². The molecule has 0 aliphatic heterocycles. The van der Waals surface area contributed by atoms with Gasteiger partial charge in [-0.3, -0.25) is 5.10 Å². The summed E-state index contributed by atoms with van der Waals surface area (Å²) in [6.45, 7) is 4.04. The number of para-hydroxylation sites is 1. The molecular formula is C12H16N4O. The average molecular weight is 232 g/mol. The molecule has 1 aromatic carbocycles. The minimum Gasteiger partial charge on any atom is -0.507 e. The molecule has 0 radical (unpaired) electrons. The van der Waals surface area contributed by atoms with E-state index >= 15 is 0 Å². The number of hydrogen-bond donors (Lipinski definition) is 3. The summed E-state index contributed by atoms with van der Waals surface area (Å²) in [5.74, 6) is 1.55. The third-order valence-corrected chi connectivity index (χ3v) is 2.68. The molecule has 0 saturated heterocycles. The van der Waals surface area contributed by atoms with Crippen molar-refractivity contribution in [3.8, 4) is 17.1 Å². The van der Waals surface area contributed by atoms with Crippen molar-refractivity contribution in [2.24, 2.45) is 11.7 Å². The zero-order valence-corrected chi connectivity index (χ0v) is 9.88. The number of nitrogens with one attached hydrogen (secondary N) is 1. The van der Waals surface area contributed by atoms with Crippen molar-refractivity contribution in [2.45, 2.75) is 19.9 Å². The number of hydrogen-bond acceptors (Lipinski definition) is 4. The Hall–Kier alpha value is -1.88. The summed E-state index contributed by atoms with van der Waals surface area (Å²) in [5, 5.41) is 16.6. The lowest BCUT2D eigenvalue weighted by molar-refractivity contribution is 0.477. The molecule has 0 saturated carbocycles. The lowest BCUT2D eigenvalue weighted by Crippen LogP contribution is -2.18. The smallest absolute Gasteiger partial charge is 0.184 e. The number of rotatable bonds is 3. The molecule has 2 rings (SSSR count). The molecule has 17 heavy (non-hydrogen) atoms. The van der Waals surface area contributed by atoms with Gasteiger partial charge >= 0.3 is 0 Å². The van der Waals surface area contributed by atoms with Gasteiger partial charge in [-0.25, -0.2) is 4.98 Å². The Bertz CT molecular complexity index is 507. The Labute approximate surface area is 99.7 Å². The van der Waals surface area contributed by atoms with E-state index in [1.54, 1.807) is 18.2 Å². The first-order chi connectivity index (χ1) is 8.09. The van der Waals surface area contributed by atoms with Crippen LogP contribution in [0.1, 0.15) is 25.7 Å². The molecule has 2 aromatic rings. The van der Waals surface area contributed by atoms with Crippen molar-refractivity contribution < 1.29 is 5.11 Å². The number of H-pyrrole nitrogens is 1. The molecule has 0 fully saturated rings. The summed E-state index contributed by atoms with van der Waals surface area (Å²) >= 11 is 0. The molecule has 0 aliphatic carbocycles. The van der Waals surface area contributed by atoms with Gasteiger partial charge in [0, 0.05) is 0 Å². The van der Waals surface area contributed by atoms with Crippen LogP contribution in [0.2, 0.25) is 0 Å². The van der Waals surface area contributed by atoms with Crippen LogP contribution in [0.25, 0.3) is 11.4 Å². The normalized spacial score (nSPS) is 12.9. The van der Waals surface area contributed by atoms with Crippen molar-refractivity contribution in [3.63, 3.8) is 0 Å². The molecule has 0 unspecified atom stereocenters. The maximum atomic E-state index is 9.70. The fourth-order valence-electron chi connectivity index (χ4n) is 1.52. The summed E-state index contributed by atoms with van der Waals surface area (Å²) in [5.41, 5.74) is 6.57. The lowest BCUT2D eigenvalue weighted by atomic mass is 10.1. The highest BCUT2D eigenvalue weighted by Crippen LogP contribution is 2.26. The van der Waals surface area contributed by atoms with Gasteiger partial charge in [-0.2, -0.15) is 5.10 Å². The van der Waals surface area contributed by atoms with Crippen LogP contribution in [0.15, 0.2) is 24.3 Å². The topological polar surface area (TPSA) is 87.8 Å². The van der Waals surface area contributed by atoms with Crippen molar-refractivity contribution in [1.82, 2.24) is 15.2 Å². The van der Waals surface area contributed by atoms with Crippen molar-refractivity contribution in [1.29, 1.82) is 0 Å². The fraction of sp³-hybridized carbons (Fsp3) is 0.333. The number of phenols is 1. The van der Waals surface area contributed by atoms with E-state index in [2.05, 4.69) is 15.2 Å². The molecule has 0 amide bonds. The SMILES string of the molecule is CC(C)[C@H](N)c1nc(-c2ccccc2O)n[nH]1. The Morgan fingerprint density at radius 2 is 2.00 bits per heavy atom. The van der Waals surface area contributed by atoms with Crippen LogP contribution in [0.3, 0.4) is 0 Å². The molecule has 4 N–H and O–H groups in total. The van der Waals surface area contributed by atoms with Crippen molar-refractivity contribution in [3.05, 3.63) is 30.1 Å². The number of aromatic amines is 1. The Kier molecular flexibility index (Phi) is 3.10. The molecular weight excluding hydrogens is 216 g/mol. The predicted molar refractivity (Wildman–Crippen MR) is 65.2 cm³/mol. The largest absolute Gasteiger partial charge is 0.507 e. The third kappa shape index (κ3) is 2.29. The van der Waals surface area contributed by atoms with Gasteiger partial charge in [0.05, 0.1) is 11.6 Å². The van der Waals surface area contributed by atoms with Crippen LogP contribution in [-0.2, 0) is 0 Å². The van der Waals surface area contributed by atoms with Gasteiger partial charge in [0.2, 0.25) is 0 Å². The summed E-state index contributed by atoms with van der Waals surface area (Å²) in [7, 11) is 0. The minimum atomic E-state index is -0.179. The number of aromatic nitrogens is 3. The van der Waals surface area contributed by atoms with Gasteiger partial charge in [0.25, 0.3) is 0 Å². The quantitative estimate of drug-likeness (QED) is 0.753. The third-order valence-electron chi connectivity index (χ3n) is 2.68. The first-order valence-electron chi connectivity index (χ1n) is 5.56. The summed E-state index contributed by atoms with van der Waals surface area (Å²) in [6.07, 6.45) is 0. The van der Waals surface area contributed by atoms with E-state index < -0.39 is 0 Å². The number of nitrogens with zero attached hydrogens (tertiary/aromatic N) is 2. The highest BCUT2D eigenvalue weighted by Gasteiger charge is 2.16. The first kappa shape index (κ1) is 11.6. The summed E-state index contributed by atoms with van der Waals surface area (Å²) in [4.78, 5) is 4.31. The van der Waals surface area contributed by atoms with E-state index in [1.165, 1.54) is 0 Å². The maximum Gasteiger partial charge on any atom is 0.184 e. The van der Waals surface area contributed by atoms with E-state index in [-0.39, 0.29) is 17.7 Å². The zero-order valence-electron chi connectivity index (χ0n) is 9.88. The molecule has 0 bridgehead atoms. The van der Waals surface area contributed by atoms with Crippen LogP contribution >= 0.6 is 0 Å². The van der Waals surface area contributed by atoms with Crippen LogP contribution in [0.4, 0.5) is 0 Å². The van der Waals surface area contributed by atoms with E-state index in [0.29, 0.717) is 17.2 Å². The van der Waals surface area contributed by atoms with E-state index in [4.69, 9.17) is 5.73 Å². The first-order valence-corrected chi connectivity index (χ1v) is 5.56. The van der Waals surface area contributed by atoms with Gasteiger partial charge in [0.15, 0.2) is 5.82 Å². The number of aromatic hydroxyl groups is 1. The second-order valence-electron chi connectivity index (χ2n) is 4.33. The Balaban J connectivity index is 2.34. The number of phenolic OH excluding ortho intramolecular Hbond substituents is 1. The van der Waals surface area contributed by atoms with Crippen molar-refractivity contribution >= 4 is 0 Å². The molecule has 5 nitrogen and oxygen atoms in total. The average Bonchev–Trinajstić information content (AvgIpc) is 2.77. The van der Waals surface area contributed by atoms with Crippen LogP contribution < -0.4 is 5.73 Å². The minimum absolute atomic E-state index is 0.163. The van der Waals surface area contributed by atoms with Gasteiger partial charge in [0.1, 0.15) is 11.6 Å². The highest BCUT2D eigenvalue weighted by atomic mass is 16.3. The fourth-order valence-corrected chi connectivity index (χ4v) is 1.52. The number of benzene rings is 1. The Morgan fingerprint density at radius 3 is 2.65 bits per heavy atom.